The Bertz CT molecular complexity index is 1860. The van der Waals surface area contributed by atoms with Gasteiger partial charge < -0.3 is 25.6 Å². The normalized spacial score (nSPS) is 19.1. The fourth-order valence-electron chi connectivity index (χ4n) is 5.76. The van der Waals surface area contributed by atoms with Crippen molar-refractivity contribution in [2.75, 3.05) is 20.3 Å². The Morgan fingerprint density at radius 1 is 1.20 bits per heavy atom. The van der Waals surface area contributed by atoms with Crippen LogP contribution in [0.15, 0.2) is 48.7 Å². The standard InChI is InChI=1S/C30H25F6N5O5/c1-45-20-9-15(8-16-11-41(27(32)33)40-22(16)20)25(42)38-12-29(44,30(34,35)36)21-10-19-24(23(39-21)14-2-6-18(31)7-3-14)46-13-28(19,26(37)43)17-4-5-17/h2-3,6-11,17,27,44H,4-5,12-13H2,1H3,(H2,37,43)(H,38,42)/t28-,29-/m0/s1. The highest BCUT2D eigenvalue weighted by Crippen LogP contribution is 2.56. The van der Waals surface area contributed by atoms with Crippen LogP contribution in [0.5, 0.6) is 11.5 Å². The monoisotopic (exact) mass is 649 g/mol. The molecule has 4 aromatic rings. The van der Waals surface area contributed by atoms with Crippen LogP contribution in [-0.2, 0) is 15.8 Å². The van der Waals surface area contributed by atoms with Crippen LogP contribution in [0.4, 0.5) is 26.3 Å². The quantitative estimate of drug-likeness (QED) is 0.229. The van der Waals surface area contributed by atoms with Crippen LogP contribution in [0, 0.1) is 11.7 Å². The molecule has 0 bridgehead atoms. The Labute approximate surface area is 256 Å². The van der Waals surface area contributed by atoms with Crippen LogP contribution < -0.4 is 20.5 Å². The molecule has 1 aliphatic heterocycles. The van der Waals surface area contributed by atoms with Crippen molar-refractivity contribution in [1.82, 2.24) is 20.1 Å². The summed E-state index contributed by atoms with van der Waals surface area (Å²) in [5.74, 6) is -3.03. The van der Waals surface area contributed by atoms with E-state index in [1.54, 1.807) is 0 Å². The van der Waals surface area contributed by atoms with Gasteiger partial charge in [0.05, 0.1) is 19.3 Å². The van der Waals surface area contributed by atoms with Gasteiger partial charge in [0.1, 0.15) is 40.5 Å². The number of carbonyl (C=O) groups is 2. The minimum atomic E-state index is -5.43. The minimum absolute atomic E-state index is 0.00736. The lowest BCUT2D eigenvalue weighted by Gasteiger charge is -2.32. The number of rotatable bonds is 9. The molecule has 2 amide bonds. The highest BCUT2D eigenvalue weighted by molar-refractivity contribution is 6.00. The van der Waals surface area contributed by atoms with E-state index in [2.05, 4.69) is 15.4 Å². The maximum Gasteiger partial charge on any atom is 0.424 e. The number of methoxy groups -OCH3 is 1. The number of nitrogens with two attached hydrogens (primary N) is 1. The van der Waals surface area contributed by atoms with E-state index in [0.29, 0.717) is 17.5 Å². The van der Waals surface area contributed by atoms with E-state index in [1.807, 2.05) is 0 Å². The number of ether oxygens (including phenoxy) is 2. The van der Waals surface area contributed by atoms with Gasteiger partial charge in [0.25, 0.3) is 5.91 Å². The molecule has 0 radical (unpaired) electrons. The highest BCUT2D eigenvalue weighted by atomic mass is 19.4. The van der Waals surface area contributed by atoms with Crippen molar-refractivity contribution < 1.29 is 50.5 Å². The van der Waals surface area contributed by atoms with Crippen molar-refractivity contribution in [2.45, 2.75) is 36.6 Å². The van der Waals surface area contributed by atoms with Crippen molar-refractivity contribution in [3.63, 3.8) is 0 Å². The van der Waals surface area contributed by atoms with Gasteiger partial charge in [-0.1, -0.05) is 0 Å². The molecule has 3 heterocycles. The average molecular weight is 650 g/mol. The van der Waals surface area contributed by atoms with E-state index < -0.39 is 53.6 Å². The molecule has 16 heteroatoms. The maximum absolute atomic E-state index is 14.8. The third kappa shape index (κ3) is 4.96. The van der Waals surface area contributed by atoms with E-state index in [1.165, 1.54) is 19.2 Å². The number of carbonyl (C=O) groups excluding carboxylic acids is 2. The second-order valence-electron chi connectivity index (χ2n) is 11.2. The van der Waals surface area contributed by atoms with Crippen LogP contribution in [0.2, 0.25) is 0 Å². The summed E-state index contributed by atoms with van der Waals surface area (Å²) >= 11 is 0. The molecule has 46 heavy (non-hydrogen) atoms. The van der Waals surface area contributed by atoms with Crippen molar-refractivity contribution in [3.8, 4) is 22.8 Å². The number of hydrogen-bond donors (Lipinski definition) is 3. The van der Waals surface area contributed by atoms with Crippen LogP contribution in [0.1, 0.15) is 41.0 Å². The Kier molecular flexibility index (Phi) is 7.37. The second kappa shape index (κ2) is 10.9. The van der Waals surface area contributed by atoms with E-state index in [9.17, 15) is 41.0 Å². The molecule has 1 aliphatic carbocycles. The maximum atomic E-state index is 14.8. The molecule has 0 unspecified atom stereocenters. The Morgan fingerprint density at radius 2 is 1.89 bits per heavy atom. The smallest absolute Gasteiger partial charge is 0.424 e. The van der Waals surface area contributed by atoms with Gasteiger partial charge in [-0.2, -0.15) is 27.1 Å². The zero-order valence-electron chi connectivity index (χ0n) is 23.9. The van der Waals surface area contributed by atoms with E-state index in [0.717, 1.165) is 36.5 Å². The third-order valence-electron chi connectivity index (χ3n) is 8.40. The van der Waals surface area contributed by atoms with E-state index >= 15 is 0 Å². The molecule has 0 saturated heterocycles. The zero-order chi connectivity index (χ0) is 33.2. The van der Waals surface area contributed by atoms with Gasteiger partial charge in [-0.05, 0) is 61.2 Å². The van der Waals surface area contributed by atoms with E-state index in [4.69, 9.17) is 15.2 Å². The number of fused-ring (bicyclic) bond motifs is 2. The lowest BCUT2D eigenvalue weighted by Crippen LogP contribution is -2.52. The number of benzene rings is 2. The summed E-state index contributed by atoms with van der Waals surface area (Å²) in [7, 11) is 1.19. The van der Waals surface area contributed by atoms with Crippen LogP contribution in [0.3, 0.4) is 0 Å². The molecule has 1 fully saturated rings. The highest BCUT2D eigenvalue weighted by Gasteiger charge is 2.60. The van der Waals surface area contributed by atoms with Gasteiger partial charge in [0.2, 0.25) is 11.5 Å². The molecule has 2 atom stereocenters. The number of hydrogen-bond acceptors (Lipinski definition) is 7. The number of nitrogens with one attached hydrogen (secondary N) is 1. The first-order valence-electron chi connectivity index (χ1n) is 13.9. The number of aromatic nitrogens is 3. The summed E-state index contributed by atoms with van der Waals surface area (Å²) in [4.78, 5) is 30.1. The predicted octanol–water partition coefficient (Wildman–Crippen LogP) is 4.35. The SMILES string of the molecule is COc1cc(C(=O)NC[C@](O)(c2cc3c(c(-c4ccc(F)cc4)n2)OC[C@]3(C(N)=O)C2CC2)C(F)(F)F)cc2cn(C(F)F)nc12. The largest absolute Gasteiger partial charge is 0.494 e. The van der Waals surface area contributed by atoms with Gasteiger partial charge in [0.15, 0.2) is 0 Å². The molecule has 4 N–H and O–H groups in total. The molecule has 6 rings (SSSR count). The first kappa shape index (κ1) is 31.1. The van der Waals surface area contributed by atoms with Crippen LogP contribution in [0.25, 0.3) is 22.2 Å². The molecular formula is C30H25F6N5O5. The molecule has 2 aromatic carbocycles. The third-order valence-corrected chi connectivity index (χ3v) is 8.40. The first-order chi connectivity index (χ1) is 21.7. The summed E-state index contributed by atoms with van der Waals surface area (Å²) in [5.41, 5.74) is -0.863. The van der Waals surface area contributed by atoms with E-state index in [-0.39, 0.29) is 57.3 Å². The summed E-state index contributed by atoms with van der Waals surface area (Å²) in [6.07, 6.45) is -3.39. The van der Waals surface area contributed by atoms with Gasteiger partial charge >= 0.3 is 12.7 Å². The number of alkyl halides is 5. The van der Waals surface area contributed by atoms with Gasteiger partial charge in [-0.3, -0.25) is 9.59 Å². The fraction of sp³-hybridized carbons (Fsp3) is 0.333. The fourth-order valence-corrected chi connectivity index (χ4v) is 5.76. The Balaban J connectivity index is 1.43. The Hall–Kier alpha value is -4.86. The Morgan fingerprint density at radius 3 is 2.48 bits per heavy atom. The summed E-state index contributed by atoms with van der Waals surface area (Å²) < 4.78 is 95.8. The number of primary amides is 1. The lowest BCUT2D eigenvalue weighted by molar-refractivity contribution is -0.265. The molecule has 2 aromatic heterocycles. The second-order valence-corrected chi connectivity index (χ2v) is 11.2. The molecule has 1 saturated carbocycles. The van der Waals surface area contributed by atoms with Crippen molar-refractivity contribution >= 4 is 22.7 Å². The number of pyridine rings is 1. The molecule has 0 spiro atoms. The number of nitrogens with zero attached hydrogens (tertiary/aromatic N) is 3. The van der Waals surface area contributed by atoms with Crippen LogP contribution in [-0.4, -0.2) is 58.1 Å². The number of amides is 2. The van der Waals surface area contributed by atoms with Crippen LogP contribution >= 0.6 is 0 Å². The van der Waals surface area contributed by atoms with Gasteiger partial charge in [0, 0.05) is 28.3 Å². The number of aliphatic hydroxyl groups is 1. The molecule has 2 aliphatic rings. The molecular weight excluding hydrogens is 624 g/mol. The van der Waals surface area contributed by atoms with Gasteiger partial charge in [-0.15, -0.1) is 0 Å². The minimum Gasteiger partial charge on any atom is -0.494 e. The zero-order valence-corrected chi connectivity index (χ0v) is 23.9. The predicted molar refractivity (Wildman–Crippen MR) is 149 cm³/mol. The number of halogens is 6. The molecule has 10 nitrogen and oxygen atoms in total. The lowest BCUT2D eigenvalue weighted by atomic mass is 9.76. The summed E-state index contributed by atoms with van der Waals surface area (Å²) in [6.45, 7) is -4.72. The van der Waals surface area contributed by atoms with Crippen molar-refractivity contribution in [2.24, 2.45) is 11.7 Å². The van der Waals surface area contributed by atoms with Gasteiger partial charge in [-0.25, -0.2) is 14.1 Å². The topological polar surface area (TPSA) is 142 Å². The first-order valence-corrected chi connectivity index (χ1v) is 13.9. The van der Waals surface area contributed by atoms with Crippen molar-refractivity contribution in [3.05, 3.63) is 71.3 Å². The van der Waals surface area contributed by atoms with Crippen molar-refractivity contribution in [1.29, 1.82) is 0 Å². The summed E-state index contributed by atoms with van der Waals surface area (Å²) in [6, 6.07) is 7.74. The molecule has 242 valence electrons. The summed E-state index contributed by atoms with van der Waals surface area (Å²) in [5, 5.41) is 17.1. The average Bonchev–Trinajstić information content (AvgIpc) is 3.64.